The van der Waals surface area contributed by atoms with Gasteiger partial charge in [-0.1, -0.05) is 42.5 Å². The zero-order valence-electron chi connectivity index (χ0n) is 20.8. The van der Waals surface area contributed by atoms with E-state index in [4.69, 9.17) is 4.74 Å². The maximum Gasteiger partial charge on any atom is 1.00 e. The van der Waals surface area contributed by atoms with E-state index in [0.29, 0.717) is 29.9 Å². The molecule has 0 aliphatic carbocycles. The van der Waals surface area contributed by atoms with Gasteiger partial charge in [0.2, 0.25) is 0 Å². The number of fused-ring (bicyclic) bond motifs is 3. The number of carbonyl (C=O) groups is 1. The number of pyridine rings is 1. The van der Waals surface area contributed by atoms with Crippen molar-refractivity contribution >= 4 is 40.8 Å². The van der Waals surface area contributed by atoms with Crippen LogP contribution in [0.15, 0.2) is 66.7 Å². The van der Waals surface area contributed by atoms with Crippen molar-refractivity contribution < 1.29 is 61.8 Å². The van der Waals surface area contributed by atoms with Gasteiger partial charge in [0.1, 0.15) is 18.2 Å². The first-order valence-electron chi connectivity index (χ1n) is 11.7. The molecule has 194 valence electrons. The predicted molar refractivity (Wildman–Crippen MR) is 137 cm³/mol. The molecule has 1 aliphatic rings. The molecule has 0 radical (unpaired) electrons. The van der Waals surface area contributed by atoms with Crippen molar-refractivity contribution in [3.8, 4) is 5.75 Å². The minimum Gasteiger partial charge on any atom is -0.550 e. The number of benzene rings is 3. The van der Waals surface area contributed by atoms with Crippen LogP contribution in [0.4, 0.5) is 17.6 Å². The number of hydrogen-bond acceptors (Lipinski definition) is 5. The second-order valence-corrected chi connectivity index (χ2v) is 9.96. The van der Waals surface area contributed by atoms with E-state index in [2.05, 4.69) is 4.98 Å². The Labute approximate surface area is 248 Å². The summed E-state index contributed by atoms with van der Waals surface area (Å²) in [6.07, 6.45) is -1.44. The molecule has 39 heavy (non-hydrogen) atoms. The first-order chi connectivity index (χ1) is 18.2. The monoisotopic (exact) mass is 561 g/mol. The standard InChI is InChI=1S/C29H21F4NO3S.Na/c30-24-14-18-7-9-20(34-25(18)15-23(24)29(31,32)33)8-5-17-6-10-26-22(13-17)28(38-12-11-27(35)36)21-4-2-1-3-19(21)16-37-26;/h1-10,13-15,28H,11-12,16H2,(H,35,36);/q;+1/p-1. The molecule has 1 aliphatic heterocycles. The third-order valence-corrected chi connectivity index (χ3v) is 7.46. The van der Waals surface area contributed by atoms with Gasteiger partial charge in [0.05, 0.1) is 22.0 Å². The van der Waals surface area contributed by atoms with Crippen molar-refractivity contribution in [3.05, 3.63) is 106 Å². The normalized spacial score (nSPS) is 14.7. The predicted octanol–water partition coefficient (Wildman–Crippen LogP) is 3.42. The number of alkyl halides is 3. The molecule has 0 fully saturated rings. The summed E-state index contributed by atoms with van der Waals surface area (Å²) in [6, 6.07) is 18.2. The number of hydrogen-bond donors (Lipinski definition) is 0. The van der Waals surface area contributed by atoms with Gasteiger partial charge in [-0.3, -0.25) is 0 Å². The third-order valence-electron chi connectivity index (χ3n) is 6.18. The number of carboxylic acid groups (broad SMARTS) is 1. The van der Waals surface area contributed by atoms with Crippen molar-refractivity contribution in [2.75, 3.05) is 5.75 Å². The van der Waals surface area contributed by atoms with Crippen molar-refractivity contribution in [2.45, 2.75) is 24.5 Å². The van der Waals surface area contributed by atoms with Gasteiger partial charge in [0.15, 0.2) is 0 Å². The van der Waals surface area contributed by atoms with Crippen LogP contribution >= 0.6 is 11.8 Å². The largest absolute Gasteiger partial charge is 1.00 e. The maximum atomic E-state index is 13.9. The number of rotatable bonds is 6. The number of ether oxygens (including phenoxy) is 1. The molecule has 2 heterocycles. The van der Waals surface area contributed by atoms with E-state index in [9.17, 15) is 27.5 Å². The summed E-state index contributed by atoms with van der Waals surface area (Å²) in [4.78, 5) is 15.3. The Hall–Kier alpha value is -2.85. The summed E-state index contributed by atoms with van der Waals surface area (Å²) in [7, 11) is 0. The molecule has 3 aromatic carbocycles. The van der Waals surface area contributed by atoms with Crippen LogP contribution in [0.5, 0.6) is 5.75 Å². The Morgan fingerprint density at radius 2 is 1.85 bits per heavy atom. The van der Waals surface area contributed by atoms with Crippen LogP contribution in [-0.4, -0.2) is 16.7 Å². The van der Waals surface area contributed by atoms with E-state index >= 15 is 0 Å². The van der Waals surface area contributed by atoms with Gasteiger partial charge in [0, 0.05) is 16.9 Å². The Morgan fingerprint density at radius 1 is 1.05 bits per heavy atom. The minimum atomic E-state index is -4.82. The van der Waals surface area contributed by atoms with Crippen LogP contribution in [0, 0.1) is 5.82 Å². The number of carboxylic acids is 1. The van der Waals surface area contributed by atoms with Gasteiger partial charge in [-0.25, -0.2) is 9.37 Å². The topological polar surface area (TPSA) is 62.2 Å². The molecular weight excluding hydrogens is 541 g/mol. The van der Waals surface area contributed by atoms with Gasteiger partial charge < -0.3 is 14.6 Å². The summed E-state index contributed by atoms with van der Waals surface area (Å²) in [5, 5.41) is 11.1. The zero-order chi connectivity index (χ0) is 26.9. The van der Waals surface area contributed by atoms with E-state index in [0.717, 1.165) is 28.3 Å². The summed E-state index contributed by atoms with van der Waals surface area (Å²) in [5.74, 6) is -1.39. The fraction of sp³-hybridized carbons (Fsp3) is 0.172. The molecular formula is C29H20F4NNaO3S. The Bertz CT molecular complexity index is 1560. The number of thioether (sulfide) groups is 1. The van der Waals surface area contributed by atoms with E-state index in [-0.39, 0.29) is 52.1 Å². The Morgan fingerprint density at radius 3 is 2.62 bits per heavy atom. The molecule has 5 rings (SSSR count). The summed E-state index contributed by atoms with van der Waals surface area (Å²) in [5.41, 5.74) is 2.84. The minimum absolute atomic E-state index is 0. The molecule has 1 atom stereocenters. The third kappa shape index (κ3) is 6.66. The first-order valence-corrected chi connectivity index (χ1v) is 12.8. The number of nitrogens with zero attached hydrogens (tertiary/aromatic N) is 1. The molecule has 0 saturated carbocycles. The fourth-order valence-corrected chi connectivity index (χ4v) is 5.64. The molecule has 0 amide bonds. The van der Waals surface area contributed by atoms with E-state index in [1.807, 2.05) is 42.5 Å². The maximum absolute atomic E-state index is 13.9. The summed E-state index contributed by atoms with van der Waals surface area (Å²) < 4.78 is 59.3. The average molecular weight is 562 g/mol. The van der Waals surface area contributed by atoms with E-state index < -0.39 is 23.5 Å². The van der Waals surface area contributed by atoms with Gasteiger partial charge in [0.25, 0.3) is 0 Å². The van der Waals surface area contributed by atoms with Crippen molar-refractivity contribution in [3.63, 3.8) is 0 Å². The molecule has 1 aromatic heterocycles. The summed E-state index contributed by atoms with van der Waals surface area (Å²) >= 11 is 1.49. The number of carbonyl (C=O) groups excluding carboxylic acids is 1. The zero-order valence-corrected chi connectivity index (χ0v) is 23.6. The molecule has 4 nitrogen and oxygen atoms in total. The molecule has 4 aromatic rings. The van der Waals surface area contributed by atoms with Crippen LogP contribution in [0.25, 0.3) is 23.1 Å². The SMILES string of the molecule is O=C([O-])CCSC1c2ccccc2COc2ccc(C=Cc3ccc4cc(F)c(C(F)(F)F)cc4n3)cc21.[Na+]. The van der Waals surface area contributed by atoms with Crippen molar-refractivity contribution in [2.24, 2.45) is 0 Å². The first kappa shape index (κ1) is 29.1. The number of halogens is 4. The van der Waals surface area contributed by atoms with Crippen LogP contribution in [0.1, 0.15) is 45.2 Å². The molecule has 10 heteroatoms. The van der Waals surface area contributed by atoms with Gasteiger partial charge in [-0.05, 0) is 65.3 Å². The van der Waals surface area contributed by atoms with E-state index in [1.54, 1.807) is 18.2 Å². The van der Waals surface area contributed by atoms with Crippen molar-refractivity contribution in [1.29, 1.82) is 0 Å². The fourth-order valence-electron chi connectivity index (χ4n) is 4.34. The van der Waals surface area contributed by atoms with E-state index in [1.165, 1.54) is 17.8 Å². The van der Waals surface area contributed by atoms with Crippen LogP contribution < -0.4 is 39.4 Å². The van der Waals surface area contributed by atoms with Crippen molar-refractivity contribution in [1.82, 2.24) is 4.98 Å². The van der Waals surface area contributed by atoms with Crippen LogP contribution in [0.3, 0.4) is 0 Å². The smallest absolute Gasteiger partial charge is 0.550 e. The van der Waals surface area contributed by atoms with Gasteiger partial charge >= 0.3 is 35.7 Å². The molecule has 0 bridgehead atoms. The second kappa shape index (κ2) is 12.1. The van der Waals surface area contributed by atoms with Gasteiger partial charge in [-0.2, -0.15) is 13.2 Å². The molecule has 0 N–H and O–H groups in total. The van der Waals surface area contributed by atoms with Crippen LogP contribution in [-0.2, 0) is 17.6 Å². The Kier molecular flexibility index (Phi) is 9.06. The molecule has 0 spiro atoms. The molecule has 1 unspecified atom stereocenters. The average Bonchev–Trinajstić information content (AvgIpc) is 3.03. The summed E-state index contributed by atoms with van der Waals surface area (Å²) in [6.45, 7) is 0.386. The number of aliphatic carboxylic acids is 1. The molecule has 0 saturated heterocycles. The van der Waals surface area contributed by atoms with Crippen LogP contribution in [0.2, 0.25) is 0 Å². The quantitative estimate of drug-likeness (QED) is 0.267. The number of aromatic nitrogens is 1. The van der Waals surface area contributed by atoms with Gasteiger partial charge in [-0.15, -0.1) is 11.8 Å². The second-order valence-electron chi connectivity index (χ2n) is 8.75. The Balaban J connectivity index is 0.00000353.